The average molecular weight is 925 g/mol. The molecule has 0 unspecified atom stereocenters. The second-order valence-corrected chi connectivity index (χ2v) is 23.4. The summed E-state index contributed by atoms with van der Waals surface area (Å²) < 4.78 is 27.2. The molecule has 5 saturated carbocycles. The van der Waals surface area contributed by atoms with Gasteiger partial charge in [0.1, 0.15) is 41.2 Å². The Morgan fingerprint density at radius 3 is 2.46 bits per heavy atom. The van der Waals surface area contributed by atoms with Crippen LogP contribution in [-0.4, -0.2) is 110 Å². The van der Waals surface area contributed by atoms with Crippen LogP contribution in [0.4, 0.5) is 0 Å². The van der Waals surface area contributed by atoms with Crippen molar-refractivity contribution in [3.05, 3.63) is 51.6 Å². The van der Waals surface area contributed by atoms with Crippen molar-refractivity contribution in [2.75, 3.05) is 19.8 Å². The van der Waals surface area contributed by atoms with Gasteiger partial charge in [-0.3, -0.25) is 4.79 Å². The Labute approximate surface area is 391 Å². The number of fused-ring (bicyclic) bond motifs is 6. The van der Waals surface area contributed by atoms with E-state index in [0.29, 0.717) is 55.6 Å². The van der Waals surface area contributed by atoms with Gasteiger partial charge in [0.25, 0.3) is 0 Å². The van der Waals surface area contributed by atoms with E-state index in [4.69, 9.17) is 18.9 Å². The second-order valence-electron chi connectivity index (χ2n) is 23.4. The molecule has 8 fully saturated rings. The molecule has 13 heteroatoms. The van der Waals surface area contributed by atoms with Crippen LogP contribution in [0.15, 0.2) is 34.9 Å². The van der Waals surface area contributed by atoms with Crippen LogP contribution >= 0.6 is 0 Å². The molecule has 2 bridgehead atoms. The summed E-state index contributed by atoms with van der Waals surface area (Å²) in [6.45, 7) is 4.11. The second kappa shape index (κ2) is 15.5. The maximum absolute atomic E-state index is 12.9. The van der Waals surface area contributed by atoms with Gasteiger partial charge in [-0.15, -0.1) is 0 Å². The number of Topliss-reactive ketones (excluding diaryl/α,β-unsaturated/α-hetero) is 1. The van der Waals surface area contributed by atoms with Crippen LogP contribution in [0.25, 0.3) is 10.8 Å². The Bertz CT molecular complexity index is 2480. The number of carbonyl (C=O) groups is 2. The highest BCUT2D eigenvalue weighted by molar-refractivity contribution is 6.11. The van der Waals surface area contributed by atoms with E-state index >= 15 is 0 Å². The fourth-order valence-corrected chi connectivity index (χ4v) is 18.2. The molecule has 7 N–H and O–H groups in total. The van der Waals surface area contributed by atoms with Crippen LogP contribution in [-0.2, 0) is 14.2 Å². The molecule has 10 aliphatic rings. The first-order valence-electron chi connectivity index (χ1n) is 25.5. The summed E-state index contributed by atoms with van der Waals surface area (Å²) in [5, 5.41) is 80.7. The minimum Gasteiger partial charge on any atom is -0.507 e. The number of aliphatic hydroxyl groups excluding tert-OH is 4. The zero-order valence-electron chi connectivity index (χ0n) is 38.9. The van der Waals surface area contributed by atoms with E-state index in [1.165, 1.54) is 101 Å². The van der Waals surface area contributed by atoms with E-state index < -0.39 is 65.7 Å². The van der Waals surface area contributed by atoms with Crippen LogP contribution in [0.2, 0.25) is 0 Å². The van der Waals surface area contributed by atoms with Gasteiger partial charge < -0.3 is 54.7 Å². The molecule has 6 aliphatic carbocycles. The lowest BCUT2D eigenvalue weighted by atomic mass is 9.42. The molecule has 362 valence electrons. The summed E-state index contributed by atoms with van der Waals surface area (Å²) in [5.41, 5.74) is 2.56. The molecular weight excluding hydrogens is 857 g/mol. The summed E-state index contributed by atoms with van der Waals surface area (Å²) in [6, 6.07) is 2.30. The quantitative estimate of drug-likeness (QED) is 0.106. The molecule has 4 aliphatic heterocycles. The number of rotatable bonds is 7. The Kier molecular flexibility index (Phi) is 10.3. The number of allylic oxidation sites excluding steroid dienone is 2. The first kappa shape index (κ1) is 44.6. The molecule has 4 heterocycles. The van der Waals surface area contributed by atoms with E-state index in [-0.39, 0.29) is 74.8 Å². The van der Waals surface area contributed by atoms with Crippen molar-refractivity contribution < 1.29 is 64.3 Å². The Balaban J connectivity index is 0.951. The largest absolute Gasteiger partial charge is 0.507 e. The Morgan fingerprint density at radius 2 is 1.70 bits per heavy atom. The number of aromatic carboxylic acids is 1. The van der Waals surface area contributed by atoms with Crippen molar-refractivity contribution >= 4 is 22.5 Å². The normalized spacial score (nSPS) is 42.4. The average Bonchev–Trinajstić information content (AvgIpc) is 4.09. The molecule has 4 spiro atoms. The molecule has 2 aromatic rings. The molecule has 13 nitrogen and oxygen atoms in total. The predicted octanol–water partition coefficient (Wildman–Crippen LogP) is 7.56. The van der Waals surface area contributed by atoms with Crippen LogP contribution in [0, 0.1) is 52.3 Å². The van der Waals surface area contributed by atoms with Gasteiger partial charge in [-0.1, -0.05) is 25.3 Å². The first-order valence-corrected chi connectivity index (χ1v) is 25.5. The highest BCUT2D eigenvalue weighted by atomic mass is 16.7. The zero-order valence-corrected chi connectivity index (χ0v) is 38.9. The smallest absolute Gasteiger partial charge is 0.335 e. The topological polar surface area (TPSA) is 213 Å². The molecule has 3 saturated heterocycles. The van der Waals surface area contributed by atoms with Gasteiger partial charge in [0.05, 0.1) is 35.3 Å². The monoisotopic (exact) mass is 924 g/mol. The van der Waals surface area contributed by atoms with E-state index in [1.54, 1.807) is 0 Å². The number of hydrogen-bond acceptors (Lipinski definition) is 12. The maximum Gasteiger partial charge on any atom is 0.335 e. The maximum atomic E-state index is 12.9. The van der Waals surface area contributed by atoms with Gasteiger partial charge in [0.2, 0.25) is 6.29 Å². The number of phenols is 2. The van der Waals surface area contributed by atoms with Gasteiger partial charge in [0.15, 0.2) is 5.78 Å². The molecule has 0 amide bonds. The van der Waals surface area contributed by atoms with Gasteiger partial charge in [-0.2, -0.15) is 0 Å². The summed E-state index contributed by atoms with van der Waals surface area (Å²) in [4.78, 5) is 25.2. The number of carboxylic acids is 1. The van der Waals surface area contributed by atoms with Crippen molar-refractivity contribution in [2.45, 2.75) is 172 Å². The van der Waals surface area contributed by atoms with Crippen molar-refractivity contribution in [1.29, 1.82) is 0 Å². The Hall–Kier alpha value is -3.56. The SMILES string of the molecule is CC(=O)c1c(C)c(O)c2cc(C(=O)O)cc(O[C@@H]3O[C@@H]4[C@@H](O)CC[C@H]5O[C@@]4(C[C@@H]4C6=C5CC=C6[C@]5(CCCO)COC[C@H]6C[C@]7(CC[C@]8(CCCC89CCCC9)C7)C[C@H]4[C@H]65)[C@H](O)[C@H]3O)c2c1O. The van der Waals surface area contributed by atoms with E-state index in [2.05, 4.69) is 6.08 Å². The number of aromatic hydroxyl groups is 2. The highest BCUT2D eigenvalue weighted by Crippen LogP contribution is 2.76. The highest BCUT2D eigenvalue weighted by Gasteiger charge is 2.71. The zero-order chi connectivity index (χ0) is 46.6. The number of carboxylic acid groups (broad SMARTS) is 1. The number of hydrogen-bond donors (Lipinski definition) is 7. The molecule has 14 atom stereocenters. The lowest BCUT2D eigenvalue weighted by molar-refractivity contribution is -0.336. The standard InChI is InChI=1S/C54H68O13/c1-27-39(28(2)56)44(59)41-32(43(27)58)19-29(48(62)63)20-38(41)65-49-45(60)46(61)54-23-33-34-22-50(16-17-52(25-50)14-5-13-51(52)11-3-4-12-51)21-30-24-64-26-53(42(30)34,15-6-18-55)35-8-7-31(40(33)35)37(67-54)10-9-36(57)47(54)66-49/h8,19-20,30,33-34,36-37,42,45-47,49,55,57-61H,3-7,9-18,21-26H2,1-2H3,(H,62,63)/t30-,33+,34-,36+,37-,42+,45-,46-,47-,49-,50-,52-,53+,54+/m1/s1. The van der Waals surface area contributed by atoms with Crippen LogP contribution in [0.3, 0.4) is 0 Å². The Morgan fingerprint density at radius 1 is 0.925 bits per heavy atom. The number of ether oxygens (including phenoxy) is 4. The third-order valence-corrected chi connectivity index (χ3v) is 20.5. The number of carbonyl (C=O) groups excluding carboxylic acids is 1. The van der Waals surface area contributed by atoms with E-state index in [1.807, 2.05) is 0 Å². The van der Waals surface area contributed by atoms with Gasteiger partial charge in [-0.05, 0) is 179 Å². The fraction of sp³-hybridized carbons (Fsp3) is 0.704. The van der Waals surface area contributed by atoms with Crippen LogP contribution in [0.1, 0.15) is 149 Å². The minimum absolute atomic E-state index is 0.0606. The number of benzene rings is 2. The third kappa shape index (κ3) is 6.10. The van der Waals surface area contributed by atoms with E-state index in [9.17, 15) is 45.3 Å². The molecule has 12 rings (SSSR count). The van der Waals surface area contributed by atoms with Gasteiger partial charge in [0, 0.05) is 29.6 Å². The van der Waals surface area contributed by atoms with Gasteiger partial charge >= 0.3 is 5.97 Å². The molecular formula is C54H68O13. The summed E-state index contributed by atoms with van der Waals surface area (Å²) in [5.74, 6) is -2.41. The van der Waals surface area contributed by atoms with Crippen molar-refractivity contribution in [1.82, 2.24) is 0 Å². The predicted molar refractivity (Wildman–Crippen MR) is 244 cm³/mol. The van der Waals surface area contributed by atoms with Crippen LogP contribution < -0.4 is 4.74 Å². The van der Waals surface area contributed by atoms with Crippen molar-refractivity contribution in [3.8, 4) is 17.2 Å². The molecule has 2 aromatic carbocycles. The lowest BCUT2D eigenvalue weighted by Crippen LogP contribution is -2.71. The number of ketones is 1. The minimum atomic E-state index is -1.78. The number of aliphatic hydroxyl groups is 4. The molecule has 0 radical (unpaired) electrons. The number of phenolic OH excluding ortho intramolecular Hbond substituents is 2. The first-order chi connectivity index (χ1) is 32.1. The lowest BCUT2D eigenvalue weighted by Gasteiger charge is -2.64. The summed E-state index contributed by atoms with van der Waals surface area (Å²) >= 11 is 0. The summed E-state index contributed by atoms with van der Waals surface area (Å²) in [6.07, 6.45) is 13.1. The molecule has 0 aromatic heterocycles. The summed E-state index contributed by atoms with van der Waals surface area (Å²) in [7, 11) is 0. The van der Waals surface area contributed by atoms with Crippen LogP contribution in [0.5, 0.6) is 17.2 Å². The van der Waals surface area contributed by atoms with E-state index in [0.717, 1.165) is 25.3 Å². The van der Waals surface area contributed by atoms with Gasteiger partial charge in [-0.25, -0.2) is 4.79 Å². The fourth-order valence-electron chi connectivity index (χ4n) is 18.2. The third-order valence-electron chi connectivity index (χ3n) is 20.5. The van der Waals surface area contributed by atoms with Crippen molar-refractivity contribution in [2.24, 2.45) is 45.3 Å². The molecule has 67 heavy (non-hydrogen) atoms. The van der Waals surface area contributed by atoms with Crippen molar-refractivity contribution in [3.63, 3.8) is 0 Å².